The maximum Gasteiger partial charge on any atom is 0.123 e. The smallest absolute Gasteiger partial charge is 0.123 e. The molecule has 0 saturated carbocycles. The number of hydrogen-bond donors (Lipinski definition) is 1. The van der Waals surface area contributed by atoms with Crippen LogP contribution in [0.25, 0.3) is 0 Å². The Morgan fingerprint density at radius 1 is 1.17 bits per heavy atom. The molecule has 0 spiro atoms. The van der Waals surface area contributed by atoms with Crippen molar-refractivity contribution in [3.05, 3.63) is 52.0 Å². The van der Waals surface area contributed by atoms with Crippen molar-refractivity contribution in [1.82, 2.24) is 0 Å². The second-order valence-electron chi connectivity index (χ2n) is 3.47. The van der Waals surface area contributed by atoms with Crippen LogP contribution in [-0.2, 0) is 6.61 Å². The molecular formula is C14H11FO2S. The molecular weight excluding hydrogens is 251 g/mol. The van der Waals surface area contributed by atoms with Crippen molar-refractivity contribution < 1.29 is 14.2 Å². The largest absolute Gasteiger partial charge is 0.488 e. The van der Waals surface area contributed by atoms with Gasteiger partial charge in [-0.15, -0.1) is 11.3 Å². The molecule has 0 aliphatic heterocycles. The molecule has 18 heavy (non-hydrogen) atoms. The van der Waals surface area contributed by atoms with Crippen LogP contribution in [0.1, 0.15) is 9.75 Å². The molecule has 0 aliphatic rings. The van der Waals surface area contributed by atoms with E-state index in [0.717, 1.165) is 9.75 Å². The molecule has 1 heterocycles. The molecule has 0 radical (unpaired) electrons. The standard InChI is InChI=1S/C14H11FO2S/c15-11-3-5-12(6-4-11)17-10-14-8-7-13(18-14)2-1-9-16/h3-8,16H,9-10H2. The van der Waals surface area contributed by atoms with Crippen molar-refractivity contribution in [2.45, 2.75) is 6.61 Å². The van der Waals surface area contributed by atoms with Crippen molar-refractivity contribution in [3.8, 4) is 17.6 Å². The van der Waals surface area contributed by atoms with Crippen LogP contribution >= 0.6 is 11.3 Å². The zero-order valence-electron chi connectivity index (χ0n) is 9.52. The Labute approximate surface area is 109 Å². The third-order valence-corrected chi connectivity index (χ3v) is 3.12. The molecule has 2 nitrogen and oxygen atoms in total. The van der Waals surface area contributed by atoms with Gasteiger partial charge in [-0.2, -0.15) is 0 Å². The molecule has 0 saturated heterocycles. The minimum atomic E-state index is -0.278. The predicted octanol–water partition coefficient (Wildman–Crippen LogP) is 2.81. The Kier molecular flexibility index (Phi) is 4.35. The molecule has 1 aromatic carbocycles. The van der Waals surface area contributed by atoms with Gasteiger partial charge in [0.2, 0.25) is 0 Å². The lowest BCUT2D eigenvalue weighted by Gasteiger charge is -2.03. The molecule has 2 rings (SSSR count). The average Bonchev–Trinajstić information content (AvgIpc) is 2.84. The van der Waals surface area contributed by atoms with Crippen molar-refractivity contribution in [2.75, 3.05) is 6.61 Å². The highest BCUT2D eigenvalue weighted by atomic mass is 32.1. The lowest BCUT2D eigenvalue weighted by molar-refractivity contribution is 0.309. The first kappa shape index (κ1) is 12.6. The Bertz CT molecular complexity index is 563. The average molecular weight is 262 g/mol. The Balaban J connectivity index is 1.94. The highest BCUT2D eigenvalue weighted by Gasteiger charge is 2.00. The number of thiophene rings is 1. The fourth-order valence-electron chi connectivity index (χ4n) is 1.33. The van der Waals surface area contributed by atoms with Crippen molar-refractivity contribution in [2.24, 2.45) is 0 Å². The Morgan fingerprint density at radius 3 is 2.67 bits per heavy atom. The van der Waals surface area contributed by atoms with E-state index in [1.54, 1.807) is 12.1 Å². The molecule has 0 atom stereocenters. The van der Waals surface area contributed by atoms with Crippen molar-refractivity contribution >= 4 is 11.3 Å². The summed E-state index contributed by atoms with van der Waals surface area (Å²) in [5.41, 5.74) is 0. The topological polar surface area (TPSA) is 29.5 Å². The Morgan fingerprint density at radius 2 is 1.94 bits per heavy atom. The number of ether oxygens (including phenoxy) is 1. The zero-order chi connectivity index (χ0) is 12.8. The number of aliphatic hydroxyl groups is 1. The molecule has 0 fully saturated rings. The maximum atomic E-state index is 12.7. The van der Waals surface area contributed by atoms with Gasteiger partial charge in [0, 0.05) is 4.88 Å². The van der Waals surface area contributed by atoms with Gasteiger partial charge in [-0.05, 0) is 36.4 Å². The van der Waals surface area contributed by atoms with Crippen LogP contribution in [0.5, 0.6) is 5.75 Å². The van der Waals surface area contributed by atoms with E-state index < -0.39 is 0 Å². The summed E-state index contributed by atoms with van der Waals surface area (Å²) in [5.74, 6) is 5.78. The summed E-state index contributed by atoms with van der Waals surface area (Å²) in [5, 5.41) is 8.58. The summed E-state index contributed by atoms with van der Waals surface area (Å²) in [6.07, 6.45) is 0. The summed E-state index contributed by atoms with van der Waals surface area (Å²) in [6, 6.07) is 9.72. The number of hydrogen-bond acceptors (Lipinski definition) is 3. The normalized spacial score (nSPS) is 9.67. The summed E-state index contributed by atoms with van der Waals surface area (Å²) >= 11 is 1.51. The monoisotopic (exact) mass is 262 g/mol. The number of rotatable bonds is 3. The van der Waals surface area contributed by atoms with Crippen molar-refractivity contribution in [1.29, 1.82) is 0 Å². The van der Waals surface area contributed by atoms with E-state index in [0.29, 0.717) is 12.4 Å². The van der Waals surface area contributed by atoms with Gasteiger partial charge >= 0.3 is 0 Å². The van der Waals surface area contributed by atoms with Crippen molar-refractivity contribution in [3.63, 3.8) is 0 Å². The van der Waals surface area contributed by atoms with Gasteiger partial charge in [-0.25, -0.2) is 4.39 Å². The number of aliphatic hydroxyl groups excluding tert-OH is 1. The van der Waals surface area contributed by atoms with Crippen LogP contribution in [0, 0.1) is 17.7 Å². The molecule has 2 aromatic rings. The molecule has 0 amide bonds. The fraction of sp³-hybridized carbons (Fsp3) is 0.143. The van der Waals surface area contributed by atoms with E-state index in [1.165, 1.54) is 23.5 Å². The summed E-state index contributed by atoms with van der Waals surface area (Å²) in [6.45, 7) is 0.288. The minimum absolute atomic E-state index is 0.140. The van der Waals surface area contributed by atoms with Crippen LogP contribution in [0.4, 0.5) is 4.39 Å². The van der Waals surface area contributed by atoms with E-state index in [4.69, 9.17) is 9.84 Å². The molecule has 0 unspecified atom stereocenters. The summed E-state index contributed by atoms with van der Waals surface area (Å²) in [7, 11) is 0. The second-order valence-corrected chi connectivity index (χ2v) is 4.64. The lowest BCUT2D eigenvalue weighted by atomic mass is 10.3. The second kappa shape index (κ2) is 6.20. The van der Waals surface area contributed by atoms with Gasteiger partial charge in [0.25, 0.3) is 0 Å². The van der Waals surface area contributed by atoms with E-state index in [9.17, 15) is 4.39 Å². The zero-order valence-corrected chi connectivity index (χ0v) is 10.3. The molecule has 0 aliphatic carbocycles. The van der Waals surface area contributed by atoms with Gasteiger partial charge in [0.05, 0.1) is 4.88 Å². The third-order valence-electron chi connectivity index (χ3n) is 2.15. The van der Waals surface area contributed by atoms with Crippen LogP contribution in [0.15, 0.2) is 36.4 Å². The van der Waals surface area contributed by atoms with Gasteiger partial charge in [-0.1, -0.05) is 11.8 Å². The molecule has 92 valence electrons. The van der Waals surface area contributed by atoms with Crippen LogP contribution in [-0.4, -0.2) is 11.7 Å². The molecule has 4 heteroatoms. The highest BCUT2D eigenvalue weighted by Crippen LogP contribution is 2.18. The van der Waals surface area contributed by atoms with E-state index in [-0.39, 0.29) is 12.4 Å². The SMILES string of the molecule is OCC#Cc1ccc(COc2ccc(F)cc2)s1. The van der Waals surface area contributed by atoms with Crippen LogP contribution < -0.4 is 4.74 Å². The van der Waals surface area contributed by atoms with Crippen LogP contribution in [0.2, 0.25) is 0 Å². The quantitative estimate of drug-likeness (QED) is 0.862. The number of halogens is 1. The summed E-state index contributed by atoms with van der Waals surface area (Å²) < 4.78 is 18.2. The van der Waals surface area contributed by atoms with Gasteiger partial charge in [0.15, 0.2) is 0 Å². The molecule has 0 bridgehead atoms. The van der Waals surface area contributed by atoms with E-state index in [2.05, 4.69) is 11.8 Å². The lowest BCUT2D eigenvalue weighted by Crippen LogP contribution is -1.92. The number of benzene rings is 1. The predicted molar refractivity (Wildman–Crippen MR) is 69.0 cm³/mol. The van der Waals surface area contributed by atoms with Gasteiger partial charge < -0.3 is 9.84 Å². The first-order valence-electron chi connectivity index (χ1n) is 5.35. The summed E-state index contributed by atoms with van der Waals surface area (Å²) in [4.78, 5) is 1.92. The highest BCUT2D eigenvalue weighted by molar-refractivity contribution is 7.12. The van der Waals surface area contributed by atoms with Gasteiger partial charge in [0.1, 0.15) is 24.8 Å². The molecule has 1 aromatic heterocycles. The Hall–Kier alpha value is -1.83. The van der Waals surface area contributed by atoms with E-state index >= 15 is 0 Å². The van der Waals surface area contributed by atoms with E-state index in [1.807, 2.05) is 12.1 Å². The van der Waals surface area contributed by atoms with Gasteiger partial charge in [-0.3, -0.25) is 0 Å². The van der Waals surface area contributed by atoms with Crippen LogP contribution in [0.3, 0.4) is 0 Å². The maximum absolute atomic E-state index is 12.7. The third kappa shape index (κ3) is 3.59. The molecule has 1 N–H and O–H groups in total. The first-order valence-corrected chi connectivity index (χ1v) is 6.16. The first-order chi connectivity index (χ1) is 8.78. The fourth-order valence-corrected chi connectivity index (χ4v) is 2.13. The minimum Gasteiger partial charge on any atom is -0.488 e.